The van der Waals surface area contributed by atoms with Crippen LogP contribution in [0.2, 0.25) is 5.02 Å². The highest BCUT2D eigenvalue weighted by Gasteiger charge is 2.08. The predicted molar refractivity (Wildman–Crippen MR) is 81.6 cm³/mol. The summed E-state index contributed by atoms with van der Waals surface area (Å²) >= 11 is 5.67. The topological polar surface area (TPSA) is 38.3 Å². The minimum atomic E-state index is -0.521. The van der Waals surface area contributed by atoms with Crippen molar-refractivity contribution < 1.29 is 13.9 Å². The lowest BCUT2D eigenvalue weighted by molar-refractivity contribution is 0.102. The highest BCUT2D eigenvalue weighted by molar-refractivity contribution is 6.31. The van der Waals surface area contributed by atoms with Crippen molar-refractivity contribution in [2.45, 2.75) is 13.3 Å². The van der Waals surface area contributed by atoms with Crippen LogP contribution < -0.4 is 10.1 Å². The van der Waals surface area contributed by atoms with Crippen molar-refractivity contribution in [2.75, 3.05) is 11.9 Å². The number of halogens is 2. The van der Waals surface area contributed by atoms with E-state index in [-0.39, 0.29) is 10.9 Å². The van der Waals surface area contributed by atoms with E-state index in [4.69, 9.17) is 16.3 Å². The summed E-state index contributed by atoms with van der Waals surface area (Å²) in [6, 6.07) is 10.9. The quantitative estimate of drug-likeness (QED) is 0.882. The van der Waals surface area contributed by atoms with Gasteiger partial charge in [0.05, 0.1) is 11.6 Å². The summed E-state index contributed by atoms with van der Waals surface area (Å²) in [5.74, 6) is -0.0926. The van der Waals surface area contributed by atoms with Gasteiger partial charge in [-0.25, -0.2) is 4.39 Å². The zero-order valence-electron chi connectivity index (χ0n) is 11.5. The van der Waals surface area contributed by atoms with E-state index in [1.807, 2.05) is 6.92 Å². The van der Waals surface area contributed by atoms with E-state index >= 15 is 0 Å². The molecular weight excluding hydrogens is 293 g/mol. The van der Waals surface area contributed by atoms with Crippen LogP contribution in [0, 0.1) is 5.82 Å². The maximum Gasteiger partial charge on any atom is 0.255 e. The van der Waals surface area contributed by atoms with E-state index in [0.717, 1.165) is 12.2 Å². The van der Waals surface area contributed by atoms with E-state index in [1.165, 1.54) is 18.2 Å². The Hall–Kier alpha value is -2.07. The molecule has 0 bridgehead atoms. The van der Waals surface area contributed by atoms with Gasteiger partial charge in [-0.05, 0) is 48.9 Å². The standard InChI is InChI=1S/C16H15ClFNO2/c1-2-9-21-13-6-3-11(4-7-13)16(20)19-12-5-8-15(18)14(17)10-12/h3-8,10H,2,9H2,1H3,(H,19,20). The van der Waals surface area contributed by atoms with Gasteiger partial charge in [0, 0.05) is 11.3 Å². The monoisotopic (exact) mass is 307 g/mol. The van der Waals surface area contributed by atoms with Gasteiger partial charge < -0.3 is 10.1 Å². The van der Waals surface area contributed by atoms with Crippen LogP contribution in [0.5, 0.6) is 5.75 Å². The van der Waals surface area contributed by atoms with Gasteiger partial charge in [-0.15, -0.1) is 0 Å². The highest BCUT2D eigenvalue weighted by Crippen LogP contribution is 2.20. The van der Waals surface area contributed by atoms with Crippen LogP contribution in [-0.4, -0.2) is 12.5 Å². The molecule has 0 saturated carbocycles. The van der Waals surface area contributed by atoms with Gasteiger partial charge in [-0.2, -0.15) is 0 Å². The first kappa shape index (κ1) is 15.3. The minimum Gasteiger partial charge on any atom is -0.494 e. The van der Waals surface area contributed by atoms with Crippen molar-refractivity contribution in [3.63, 3.8) is 0 Å². The molecule has 0 aliphatic rings. The van der Waals surface area contributed by atoms with E-state index in [0.29, 0.717) is 17.9 Å². The average molecular weight is 308 g/mol. The van der Waals surface area contributed by atoms with Crippen molar-refractivity contribution in [3.8, 4) is 5.75 Å². The molecule has 0 aliphatic carbocycles. The van der Waals surface area contributed by atoms with Gasteiger partial charge in [0.15, 0.2) is 0 Å². The summed E-state index contributed by atoms with van der Waals surface area (Å²) in [5.41, 5.74) is 0.928. The molecule has 21 heavy (non-hydrogen) atoms. The van der Waals surface area contributed by atoms with Crippen LogP contribution in [0.15, 0.2) is 42.5 Å². The summed E-state index contributed by atoms with van der Waals surface area (Å²) < 4.78 is 18.5. The van der Waals surface area contributed by atoms with E-state index in [2.05, 4.69) is 5.32 Å². The molecule has 0 atom stereocenters. The second kappa shape index (κ2) is 7.09. The number of nitrogens with one attached hydrogen (secondary N) is 1. The number of amides is 1. The van der Waals surface area contributed by atoms with Gasteiger partial charge >= 0.3 is 0 Å². The second-order valence-electron chi connectivity index (χ2n) is 4.46. The molecule has 5 heteroatoms. The maximum absolute atomic E-state index is 13.0. The fourth-order valence-corrected chi connectivity index (χ4v) is 1.88. The first-order valence-electron chi connectivity index (χ1n) is 6.59. The van der Waals surface area contributed by atoms with E-state index in [9.17, 15) is 9.18 Å². The lowest BCUT2D eigenvalue weighted by Gasteiger charge is -2.08. The Labute approximate surface area is 127 Å². The molecule has 0 aromatic heterocycles. The second-order valence-corrected chi connectivity index (χ2v) is 4.86. The number of anilines is 1. The van der Waals surface area contributed by atoms with Crippen molar-refractivity contribution >= 4 is 23.2 Å². The van der Waals surface area contributed by atoms with Crippen molar-refractivity contribution in [3.05, 3.63) is 58.9 Å². The van der Waals surface area contributed by atoms with Gasteiger partial charge in [0.25, 0.3) is 5.91 Å². The lowest BCUT2D eigenvalue weighted by atomic mass is 10.2. The van der Waals surface area contributed by atoms with Crippen LogP contribution in [0.1, 0.15) is 23.7 Å². The van der Waals surface area contributed by atoms with E-state index in [1.54, 1.807) is 24.3 Å². The summed E-state index contributed by atoms with van der Waals surface area (Å²) in [7, 11) is 0. The van der Waals surface area contributed by atoms with Crippen LogP contribution in [-0.2, 0) is 0 Å². The molecule has 3 nitrogen and oxygen atoms in total. The third-order valence-electron chi connectivity index (χ3n) is 2.77. The zero-order valence-corrected chi connectivity index (χ0v) is 12.3. The van der Waals surface area contributed by atoms with Gasteiger partial charge in [0.1, 0.15) is 11.6 Å². The summed E-state index contributed by atoms with van der Waals surface area (Å²) in [5, 5.41) is 2.63. The Morgan fingerprint density at radius 2 is 1.95 bits per heavy atom. The third kappa shape index (κ3) is 4.20. The first-order valence-corrected chi connectivity index (χ1v) is 6.97. The van der Waals surface area contributed by atoms with Crippen molar-refractivity contribution in [1.29, 1.82) is 0 Å². The molecule has 1 amide bonds. The van der Waals surface area contributed by atoms with Crippen LogP contribution >= 0.6 is 11.6 Å². The number of carbonyl (C=O) groups excluding carboxylic acids is 1. The van der Waals surface area contributed by atoms with Gasteiger partial charge in [-0.3, -0.25) is 4.79 Å². The Balaban J connectivity index is 2.04. The number of hydrogen-bond acceptors (Lipinski definition) is 2. The summed E-state index contributed by atoms with van der Waals surface area (Å²) in [4.78, 5) is 12.0. The number of ether oxygens (including phenoxy) is 1. The van der Waals surface area contributed by atoms with Crippen molar-refractivity contribution in [2.24, 2.45) is 0 Å². The zero-order chi connectivity index (χ0) is 15.2. The number of benzene rings is 2. The van der Waals surface area contributed by atoms with E-state index < -0.39 is 5.82 Å². The molecule has 0 saturated heterocycles. The molecule has 1 N–H and O–H groups in total. The Morgan fingerprint density at radius 1 is 1.24 bits per heavy atom. The number of rotatable bonds is 5. The molecule has 110 valence electrons. The molecule has 0 radical (unpaired) electrons. The SMILES string of the molecule is CCCOc1ccc(C(=O)Nc2ccc(F)c(Cl)c2)cc1. The average Bonchev–Trinajstić information content (AvgIpc) is 2.49. The molecule has 0 fully saturated rings. The predicted octanol–water partition coefficient (Wildman–Crippen LogP) is 4.52. The highest BCUT2D eigenvalue weighted by atomic mass is 35.5. The number of carbonyl (C=O) groups is 1. The molecule has 0 heterocycles. The minimum absolute atomic E-state index is 0.0314. The Bertz CT molecular complexity index is 629. The molecule has 2 aromatic carbocycles. The normalized spacial score (nSPS) is 10.2. The molecule has 2 aromatic rings. The molecule has 0 spiro atoms. The molecule has 0 unspecified atom stereocenters. The summed E-state index contributed by atoms with van der Waals surface area (Å²) in [6.45, 7) is 2.66. The fraction of sp³-hybridized carbons (Fsp3) is 0.188. The Morgan fingerprint density at radius 3 is 2.57 bits per heavy atom. The lowest BCUT2D eigenvalue weighted by Crippen LogP contribution is -2.11. The summed E-state index contributed by atoms with van der Waals surface area (Å²) in [6.07, 6.45) is 0.924. The third-order valence-corrected chi connectivity index (χ3v) is 3.06. The molecular formula is C16H15ClFNO2. The van der Waals surface area contributed by atoms with Gasteiger partial charge in [0.2, 0.25) is 0 Å². The van der Waals surface area contributed by atoms with Crippen LogP contribution in [0.3, 0.4) is 0 Å². The first-order chi connectivity index (χ1) is 10.1. The molecule has 2 rings (SSSR count). The van der Waals surface area contributed by atoms with Crippen molar-refractivity contribution in [1.82, 2.24) is 0 Å². The smallest absolute Gasteiger partial charge is 0.255 e. The number of hydrogen-bond donors (Lipinski definition) is 1. The fourth-order valence-electron chi connectivity index (χ4n) is 1.70. The van der Waals surface area contributed by atoms with Crippen LogP contribution in [0.25, 0.3) is 0 Å². The maximum atomic E-state index is 13.0. The van der Waals surface area contributed by atoms with Crippen LogP contribution in [0.4, 0.5) is 10.1 Å². The largest absolute Gasteiger partial charge is 0.494 e. The Kier molecular flexibility index (Phi) is 5.17. The molecule has 0 aliphatic heterocycles. The van der Waals surface area contributed by atoms with Gasteiger partial charge in [-0.1, -0.05) is 18.5 Å².